The lowest BCUT2D eigenvalue weighted by atomic mass is 9.86. The lowest BCUT2D eigenvalue weighted by molar-refractivity contribution is 0.315. The van der Waals surface area contributed by atoms with Gasteiger partial charge in [-0.15, -0.1) is 0 Å². The molecule has 0 aromatic rings. The molecular weight excluding hydrogens is 120 g/mol. The maximum atomic E-state index is 1.65. The van der Waals surface area contributed by atoms with Gasteiger partial charge in [0.2, 0.25) is 0 Å². The summed E-state index contributed by atoms with van der Waals surface area (Å²) in [5.41, 5.74) is 1.03. The Hall–Kier alpha value is 0. The average Bonchev–Trinajstić information content (AvgIpc) is 2.77. The zero-order valence-corrected chi connectivity index (χ0v) is 6.34. The summed E-state index contributed by atoms with van der Waals surface area (Å²) in [6.45, 7) is 0. The first-order valence-electron chi connectivity index (χ1n) is 4.93. The van der Waals surface area contributed by atoms with Gasteiger partial charge >= 0.3 is 0 Å². The Morgan fingerprint density at radius 3 is 3.00 bits per heavy atom. The van der Waals surface area contributed by atoms with Crippen molar-refractivity contribution in [1.82, 2.24) is 0 Å². The van der Waals surface area contributed by atoms with Crippen molar-refractivity contribution in [2.24, 2.45) is 29.1 Å². The molecule has 0 radical (unpaired) electrons. The fourth-order valence-electron chi connectivity index (χ4n) is 4.73. The van der Waals surface area contributed by atoms with Gasteiger partial charge in [0.1, 0.15) is 0 Å². The summed E-state index contributed by atoms with van der Waals surface area (Å²) >= 11 is 0. The Kier molecular flexibility index (Phi) is 0.522. The first-order valence-corrected chi connectivity index (χ1v) is 4.93. The molecule has 0 heterocycles. The molecule has 4 aliphatic carbocycles. The van der Waals surface area contributed by atoms with Crippen LogP contribution >= 0.6 is 0 Å². The Morgan fingerprint density at radius 1 is 1.20 bits per heavy atom. The smallest absolute Gasteiger partial charge is 0.0201 e. The molecule has 0 aliphatic heterocycles. The SMILES string of the molecule is C1CC2C[C@@H]3CC34C(C1)C24. The van der Waals surface area contributed by atoms with E-state index in [-0.39, 0.29) is 0 Å². The van der Waals surface area contributed by atoms with Crippen molar-refractivity contribution in [2.45, 2.75) is 32.1 Å². The van der Waals surface area contributed by atoms with Gasteiger partial charge in [0.05, 0.1) is 0 Å². The predicted molar refractivity (Wildman–Crippen MR) is 39.5 cm³/mol. The van der Waals surface area contributed by atoms with E-state index in [2.05, 4.69) is 0 Å². The number of rotatable bonds is 0. The van der Waals surface area contributed by atoms with Gasteiger partial charge in [0.25, 0.3) is 0 Å². The molecule has 0 N–H and O–H groups in total. The third-order valence-corrected chi connectivity index (χ3v) is 5.02. The molecule has 5 atom stereocenters. The van der Waals surface area contributed by atoms with Crippen LogP contribution in [0.15, 0.2) is 0 Å². The van der Waals surface area contributed by atoms with Gasteiger partial charge in [-0.25, -0.2) is 0 Å². The molecule has 4 fully saturated rings. The highest BCUT2D eigenvalue weighted by atomic mass is 14.9. The van der Waals surface area contributed by atoms with Gasteiger partial charge in [-0.2, -0.15) is 0 Å². The van der Waals surface area contributed by atoms with Crippen molar-refractivity contribution in [3.8, 4) is 0 Å². The van der Waals surface area contributed by atoms with Gasteiger partial charge in [-0.05, 0) is 48.3 Å². The molecule has 0 amide bonds. The molecule has 4 aliphatic rings. The maximum absolute atomic E-state index is 1.65. The molecule has 4 saturated carbocycles. The summed E-state index contributed by atoms with van der Waals surface area (Å²) in [6, 6.07) is 0. The van der Waals surface area contributed by atoms with E-state index < -0.39 is 0 Å². The second-order valence-corrected chi connectivity index (χ2v) is 5.07. The van der Waals surface area contributed by atoms with Crippen molar-refractivity contribution in [2.75, 3.05) is 0 Å². The summed E-state index contributed by atoms with van der Waals surface area (Å²) in [7, 11) is 0. The van der Waals surface area contributed by atoms with E-state index in [1.165, 1.54) is 23.7 Å². The van der Waals surface area contributed by atoms with Gasteiger partial charge in [0.15, 0.2) is 0 Å². The van der Waals surface area contributed by atoms with E-state index in [1.807, 2.05) is 0 Å². The van der Waals surface area contributed by atoms with Gasteiger partial charge in [0, 0.05) is 0 Å². The molecule has 54 valence electrons. The fraction of sp³-hybridized carbons (Fsp3) is 1.00. The molecule has 4 unspecified atom stereocenters. The molecule has 0 nitrogen and oxygen atoms in total. The monoisotopic (exact) mass is 134 g/mol. The minimum absolute atomic E-state index is 1.03. The highest BCUT2D eigenvalue weighted by Gasteiger charge is 2.83. The summed E-state index contributed by atoms with van der Waals surface area (Å²) < 4.78 is 0. The molecular formula is C10H14. The molecule has 0 aromatic carbocycles. The Balaban J connectivity index is 1.84. The van der Waals surface area contributed by atoms with Crippen molar-refractivity contribution < 1.29 is 0 Å². The van der Waals surface area contributed by atoms with E-state index >= 15 is 0 Å². The van der Waals surface area contributed by atoms with Crippen LogP contribution < -0.4 is 0 Å². The molecule has 4 rings (SSSR count). The van der Waals surface area contributed by atoms with Crippen LogP contribution in [-0.4, -0.2) is 0 Å². The van der Waals surface area contributed by atoms with Crippen LogP contribution in [0.5, 0.6) is 0 Å². The Bertz CT molecular complexity index is 202. The van der Waals surface area contributed by atoms with Crippen molar-refractivity contribution in [3.05, 3.63) is 0 Å². The van der Waals surface area contributed by atoms with Crippen LogP contribution in [0.4, 0.5) is 0 Å². The quantitative estimate of drug-likeness (QED) is 0.477. The standard InChI is InChI=1S/C10H14/c1-2-6-4-7-5-10(7)8(3-1)9(6)10/h6-9H,1-5H2/t6?,7-,8?,9?,10?/m1/s1. The lowest BCUT2D eigenvalue weighted by Crippen LogP contribution is -2.09. The fourth-order valence-corrected chi connectivity index (χ4v) is 4.73. The van der Waals surface area contributed by atoms with E-state index in [0.717, 1.165) is 5.41 Å². The van der Waals surface area contributed by atoms with Crippen LogP contribution in [0.2, 0.25) is 0 Å². The van der Waals surface area contributed by atoms with Gasteiger partial charge in [-0.3, -0.25) is 0 Å². The zero-order chi connectivity index (χ0) is 6.34. The third kappa shape index (κ3) is 0.286. The van der Waals surface area contributed by atoms with Crippen LogP contribution in [0, 0.1) is 29.1 Å². The largest absolute Gasteiger partial charge is 0.0527 e. The first-order chi connectivity index (χ1) is 4.93. The Labute approximate surface area is 62.0 Å². The molecule has 0 heteroatoms. The van der Waals surface area contributed by atoms with Gasteiger partial charge in [-0.1, -0.05) is 12.8 Å². The van der Waals surface area contributed by atoms with E-state index in [0.29, 0.717) is 0 Å². The molecule has 10 heavy (non-hydrogen) atoms. The minimum atomic E-state index is 1.03. The summed E-state index contributed by atoms with van der Waals surface area (Å²) in [6.07, 6.45) is 8.07. The Morgan fingerprint density at radius 2 is 2.20 bits per heavy atom. The normalized spacial score (nSPS) is 74.4. The lowest BCUT2D eigenvalue weighted by Gasteiger charge is -2.19. The highest BCUT2D eigenvalue weighted by molar-refractivity contribution is 5.30. The van der Waals surface area contributed by atoms with Crippen LogP contribution in [-0.2, 0) is 0 Å². The summed E-state index contributed by atoms with van der Waals surface area (Å²) in [5.74, 6) is 4.99. The van der Waals surface area contributed by atoms with E-state index in [1.54, 1.807) is 32.1 Å². The van der Waals surface area contributed by atoms with Crippen LogP contribution in [0.1, 0.15) is 32.1 Å². The zero-order valence-electron chi connectivity index (χ0n) is 6.34. The highest BCUT2D eigenvalue weighted by Crippen LogP contribution is 2.89. The predicted octanol–water partition coefficient (Wildman–Crippen LogP) is 2.44. The summed E-state index contributed by atoms with van der Waals surface area (Å²) in [4.78, 5) is 0. The summed E-state index contributed by atoms with van der Waals surface area (Å²) in [5, 5.41) is 0. The number of hydrogen-bond donors (Lipinski definition) is 0. The average molecular weight is 134 g/mol. The molecule has 1 spiro atoms. The van der Waals surface area contributed by atoms with Crippen molar-refractivity contribution in [3.63, 3.8) is 0 Å². The first kappa shape index (κ1) is 4.79. The number of hydrogen-bond acceptors (Lipinski definition) is 0. The topological polar surface area (TPSA) is 0 Å². The van der Waals surface area contributed by atoms with Crippen LogP contribution in [0.3, 0.4) is 0 Å². The van der Waals surface area contributed by atoms with Crippen molar-refractivity contribution >= 4 is 0 Å². The maximum Gasteiger partial charge on any atom is -0.0201 e. The van der Waals surface area contributed by atoms with E-state index in [9.17, 15) is 0 Å². The second kappa shape index (κ2) is 1.09. The minimum Gasteiger partial charge on any atom is -0.0527 e. The van der Waals surface area contributed by atoms with Gasteiger partial charge < -0.3 is 0 Å². The molecule has 0 aromatic heterocycles. The van der Waals surface area contributed by atoms with Crippen LogP contribution in [0.25, 0.3) is 0 Å². The molecule has 0 saturated heterocycles. The molecule has 0 bridgehead atoms. The van der Waals surface area contributed by atoms with E-state index in [4.69, 9.17) is 0 Å². The third-order valence-electron chi connectivity index (χ3n) is 5.02. The van der Waals surface area contributed by atoms with Crippen molar-refractivity contribution in [1.29, 1.82) is 0 Å². The second-order valence-electron chi connectivity index (χ2n) is 5.07.